The highest BCUT2D eigenvalue weighted by atomic mass is 79.9. The number of carbonyl (C=O) groups is 1. The molecule has 1 aromatic rings. The van der Waals surface area contributed by atoms with Crippen LogP contribution in [0.3, 0.4) is 0 Å². The standard InChI is InChI=1S/C11H12BrNO6/c1-6(14)8-3-7(12)4-9(13(16)17)11(8)19-5-10(15)18-2/h3-4,6,14H,5H2,1-2H3. The molecule has 1 rings (SSSR count). The van der Waals surface area contributed by atoms with Crippen LogP contribution in [-0.4, -0.2) is 29.7 Å². The van der Waals surface area contributed by atoms with Gasteiger partial charge in [0, 0.05) is 16.1 Å². The van der Waals surface area contributed by atoms with E-state index in [9.17, 15) is 20.0 Å². The summed E-state index contributed by atoms with van der Waals surface area (Å²) < 4.78 is 9.92. The molecule has 19 heavy (non-hydrogen) atoms. The molecule has 1 N–H and O–H groups in total. The van der Waals surface area contributed by atoms with Gasteiger partial charge in [0.15, 0.2) is 6.61 Å². The van der Waals surface area contributed by atoms with E-state index in [1.807, 2.05) is 0 Å². The number of ether oxygens (including phenoxy) is 2. The van der Waals surface area contributed by atoms with Crippen molar-refractivity contribution >= 4 is 27.6 Å². The molecular weight excluding hydrogens is 322 g/mol. The summed E-state index contributed by atoms with van der Waals surface area (Å²) in [5.74, 6) is -0.817. The van der Waals surface area contributed by atoms with Crippen LogP contribution in [0.25, 0.3) is 0 Å². The molecule has 0 aliphatic rings. The van der Waals surface area contributed by atoms with Gasteiger partial charge in [0.05, 0.1) is 18.1 Å². The van der Waals surface area contributed by atoms with Crippen LogP contribution in [0.4, 0.5) is 5.69 Å². The Morgan fingerprint density at radius 1 is 1.58 bits per heavy atom. The van der Waals surface area contributed by atoms with Crippen molar-refractivity contribution in [1.82, 2.24) is 0 Å². The number of esters is 1. The first-order chi connectivity index (χ1) is 8.86. The van der Waals surface area contributed by atoms with E-state index in [4.69, 9.17) is 4.74 Å². The molecule has 1 aromatic carbocycles. The SMILES string of the molecule is COC(=O)COc1c(C(C)O)cc(Br)cc1[N+](=O)[O-]. The first kappa shape index (κ1) is 15.4. The second kappa shape index (κ2) is 6.48. The molecule has 0 amide bonds. The molecular formula is C11H12BrNO6. The number of carbonyl (C=O) groups excluding carboxylic acids is 1. The van der Waals surface area contributed by atoms with E-state index in [2.05, 4.69) is 20.7 Å². The highest BCUT2D eigenvalue weighted by Crippen LogP contribution is 2.37. The molecule has 1 unspecified atom stereocenters. The van der Waals surface area contributed by atoms with Gasteiger partial charge in [-0.1, -0.05) is 15.9 Å². The fraction of sp³-hybridized carbons (Fsp3) is 0.364. The summed E-state index contributed by atoms with van der Waals surface area (Å²) in [6.07, 6.45) is -0.983. The Kier molecular flexibility index (Phi) is 5.25. The van der Waals surface area contributed by atoms with Crippen molar-refractivity contribution in [2.75, 3.05) is 13.7 Å². The number of nitrogens with zero attached hydrogens (tertiary/aromatic N) is 1. The van der Waals surface area contributed by atoms with Crippen molar-refractivity contribution in [3.63, 3.8) is 0 Å². The van der Waals surface area contributed by atoms with E-state index in [0.29, 0.717) is 4.47 Å². The molecule has 8 heteroatoms. The largest absolute Gasteiger partial charge is 0.475 e. The summed E-state index contributed by atoms with van der Waals surface area (Å²) in [7, 11) is 1.18. The first-order valence-corrected chi connectivity index (χ1v) is 6.01. The zero-order valence-electron chi connectivity index (χ0n) is 10.3. The average molecular weight is 334 g/mol. The lowest BCUT2D eigenvalue weighted by Crippen LogP contribution is -2.14. The van der Waals surface area contributed by atoms with Crippen LogP contribution in [0.15, 0.2) is 16.6 Å². The fourth-order valence-corrected chi connectivity index (χ4v) is 1.86. The van der Waals surface area contributed by atoms with Gasteiger partial charge in [-0.25, -0.2) is 4.79 Å². The molecule has 0 spiro atoms. The normalized spacial score (nSPS) is 11.8. The Morgan fingerprint density at radius 2 is 2.21 bits per heavy atom. The molecule has 1 atom stereocenters. The third-order valence-corrected chi connectivity index (χ3v) is 2.73. The van der Waals surface area contributed by atoms with Crippen LogP contribution >= 0.6 is 15.9 Å². The smallest absolute Gasteiger partial charge is 0.343 e. The minimum absolute atomic E-state index is 0.145. The molecule has 0 fully saturated rings. The number of aliphatic hydroxyl groups excluding tert-OH is 1. The zero-order valence-corrected chi connectivity index (χ0v) is 11.8. The Labute approximate surface area is 117 Å². The topological polar surface area (TPSA) is 98.9 Å². The molecule has 0 radical (unpaired) electrons. The minimum Gasteiger partial charge on any atom is -0.475 e. The molecule has 0 heterocycles. The number of hydrogen-bond donors (Lipinski definition) is 1. The monoisotopic (exact) mass is 333 g/mol. The predicted molar refractivity (Wildman–Crippen MR) is 68.9 cm³/mol. The summed E-state index contributed by atoms with van der Waals surface area (Å²) in [5.41, 5.74) is -0.126. The van der Waals surface area contributed by atoms with Gasteiger partial charge in [-0.3, -0.25) is 10.1 Å². The Morgan fingerprint density at radius 3 is 2.68 bits per heavy atom. The molecule has 7 nitrogen and oxygen atoms in total. The highest BCUT2D eigenvalue weighted by Gasteiger charge is 2.24. The summed E-state index contributed by atoms with van der Waals surface area (Å²) in [6, 6.07) is 2.72. The molecule has 0 aliphatic heterocycles. The van der Waals surface area contributed by atoms with Crippen LogP contribution < -0.4 is 4.74 Å². The number of rotatable bonds is 5. The van der Waals surface area contributed by atoms with E-state index in [1.165, 1.54) is 26.2 Å². The van der Waals surface area contributed by atoms with E-state index in [1.54, 1.807) is 0 Å². The minimum atomic E-state index is -0.983. The van der Waals surface area contributed by atoms with Crippen LogP contribution in [0.5, 0.6) is 5.75 Å². The second-order valence-electron chi connectivity index (χ2n) is 3.64. The Balaban J connectivity index is 3.23. The van der Waals surface area contributed by atoms with Gasteiger partial charge < -0.3 is 14.6 Å². The third kappa shape index (κ3) is 3.90. The maximum Gasteiger partial charge on any atom is 0.343 e. The number of nitro groups is 1. The molecule has 0 bridgehead atoms. The second-order valence-corrected chi connectivity index (χ2v) is 4.56. The third-order valence-electron chi connectivity index (χ3n) is 2.27. The van der Waals surface area contributed by atoms with Crippen molar-refractivity contribution in [2.45, 2.75) is 13.0 Å². The van der Waals surface area contributed by atoms with Gasteiger partial charge in [0.1, 0.15) is 0 Å². The van der Waals surface area contributed by atoms with Crippen molar-refractivity contribution in [3.8, 4) is 5.75 Å². The van der Waals surface area contributed by atoms with Gasteiger partial charge in [-0.15, -0.1) is 0 Å². The lowest BCUT2D eigenvalue weighted by atomic mass is 10.1. The summed E-state index contributed by atoms with van der Waals surface area (Å²) >= 11 is 3.11. The number of aliphatic hydroxyl groups is 1. The van der Waals surface area contributed by atoms with Gasteiger partial charge in [0.25, 0.3) is 0 Å². The number of benzene rings is 1. The molecule has 0 saturated heterocycles. The van der Waals surface area contributed by atoms with Crippen LogP contribution in [0.1, 0.15) is 18.6 Å². The number of nitro benzene ring substituents is 1. The average Bonchev–Trinajstić information content (AvgIpc) is 2.35. The molecule has 104 valence electrons. The van der Waals surface area contributed by atoms with Crippen molar-refractivity contribution in [1.29, 1.82) is 0 Å². The predicted octanol–water partition coefficient (Wildman–Crippen LogP) is 1.96. The van der Waals surface area contributed by atoms with Gasteiger partial charge in [0.2, 0.25) is 5.75 Å². The van der Waals surface area contributed by atoms with Crippen LogP contribution in [0, 0.1) is 10.1 Å². The number of methoxy groups -OCH3 is 1. The quantitative estimate of drug-likeness (QED) is 0.502. The lowest BCUT2D eigenvalue weighted by Gasteiger charge is -2.13. The van der Waals surface area contributed by atoms with Crippen molar-refractivity contribution < 1.29 is 24.3 Å². The zero-order chi connectivity index (χ0) is 14.6. The van der Waals surface area contributed by atoms with Gasteiger partial charge >= 0.3 is 11.7 Å². The first-order valence-electron chi connectivity index (χ1n) is 5.22. The number of hydrogen-bond acceptors (Lipinski definition) is 6. The highest BCUT2D eigenvalue weighted by molar-refractivity contribution is 9.10. The summed E-state index contributed by atoms with van der Waals surface area (Å²) in [5, 5.41) is 20.6. The molecule has 0 aliphatic carbocycles. The van der Waals surface area contributed by atoms with Gasteiger partial charge in [-0.05, 0) is 13.0 Å². The molecule has 0 saturated carbocycles. The Bertz CT molecular complexity index is 502. The van der Waals surface area contributed by atoms with Crippen molar-refractivity contribution in [3.05, 3.63) is 32.3 Å². The van der Waals surface area contributed by atoms with Gasteiger partial charge in [-0.2, -0.15) is 0 Å². The fourth-order valence-electron chi connectivity index (χ4n) is 1.39. The van der Waals surface area contributed by atoms with E-state index >= 15 is 0 Å². The van der Waals surface area contributed by atoms with E-state index in [0.717, 1.165) is 0 Å². The van der Waals surface area contributed by atoms with Crippen LogP contribution in [0.2, 0.25) is 0 Å². The van der Waals surface area contributed by atoms with Crippen LogP contribution in [-0.2, 0) is 9.53 Å². The maximum absolute atomic E-state index is 11.0. The summed E-state index contributed by atoms with van der Waals surface area (Å²) in [6.45, 7) is 0.967. The molecule has 0 aromatic heterocycles. The van der Waals surface area contributed by atoms with E-state index < -0.39 is 23.6 Å². The number of halogens is 1. The summed E-state index contributed by atoms with van der Waals surface area (Å²) in [4.78, 5) is 21.3. The van der Waals surface area contributed by atoms with E-state index in [-0.39, 0.29) is 17.0 Å². The Hall–Kier alpha value is -1.67. The van der Waals surface area contributed by atoms with Crippen molar-refractivity contribution in [2.24, 2.45) is 0 Å². The lowest BCUT2D eigenvalue weighted by molar-refractivity contribution is -0.386. The maximum atomic E-state index is 11.0.